The third-order valence-electron chi connectivity index (χ3n) is 4.93. The van der Waals surface area contributed by atoms with E-state index in [1.807, 2.05) is 45.2 Å². The van der Waals surface area contributed by atoms with Gasteiger partial charge >= 0.3 is 0 Å². The molecule has 3 heterocycles. The number of aromatic nitrogens is 4. The molecule has 0 atom stereocenters. The summed E-state index contributed by atoms with van der Waals surface area (Å²) in [5.41, 5.74) is 7.98. The Kier molecular flexibility index (Phi) is 3.37. The average Bonchev–Trinajstić information content (AvgIpc) is 3.21. The molecule has 0 unspecified atom stereocenters. The maximum atomic E-state index is 5.38. The van der Waals surface area contributed by atoms with Crippen LogP contribution in [0.15, 0.2) is 53.2 Å². The van der Waals surface area contributed by atoms with Crippen molar-refractivity contribution in [1.82, 2.24) is 20.1 Å². The Hall–Kier alpha value is -3.47. The minimum absolute atomic E-state index is 0.811. The number of rotatable bonds is 2. The van der Waals surface area contributed by atoms with Crippen LogP contribution in [0.1, 0.15) is 17.3 Å². The molecule has 3 aromatic heterocycles. The Labute approximate surface area is 156 Å². The van der Waals surface area contributed by atoms with Crippen molar-refractivity contribution in [1.29, 1.82) is 0 Å². The number of fused-ring (bicyclic) bond motifs is 2. The Bertz CT molecular complexity index is 1290. The van der Waals surface area contributed by atoms with Crippen molar-refractivity contribution >= 4 is 21.9 Å². The number of imidazole rings is 1. The van der Waals surface area contributed by atoms with Gasteiger partial charge < -0.3 is 9.51 Å². The van der Waals surface area contributed by atoms with E-state index in [0.717, 1.165) is 61.5 Å². The van der Waals surface area contributed by atoms with Crippen LogP contribution in [0.25, 0.3) is 44.2 Å². The third-order valence-corrected chi connectivity index (χ3v) is 4.93. The number of nitrogens with zero attached hydrogens (tertiary/aromatic N) is 3. The standard InChI is InChI=1S/C22H18N4O/c1-12-21(13(2)27-26-12)16-9-18(22-20(10-16)24-14(3)25-22)17-8-15-6-4-5-7-19(15)23-11-17/h4-11H,1-3H3,(H,24,25). The Balaban J connectivity index is 1.81. The molecule has 0 saturated carbocycles. The molecule has 0 spiro atoms. The lowest BCUT2D eigenvalue weighted by Crippen LogP contribution is -1.88. The Morgan fingerprint density at radius 1 is 0.963 bits per heavy atom. The van der Waals surface area contributed by atoms with Gasteiger partial charge in [-0.15, -0.1) is 0 Å². The van der Waals surface area contributed by atoms with E-state index in [-0.39, 0.29) is 0 Å². The topological polar surface area (TPSA) is 67.6 Å². The summed E-state index contributed by atoms with van der Waals surface area (Å²) >= 11 is 0. The summed E-state index contributed by atoms with van der Waals surface area (Å²) in [6.45, 7) is 5.87. The number of hydrogen-bond acceptors (Lipinski definition) is 4. The van der Waals surface area contributed by atoms with E-state index < -0.39 is 0 Å². The van der Waals surface area contributed by atoms with Crippen LogP contribution in [0.2, 0.25) is 0 Å². The zero-order chi connectivity index (χ0) is 18.5. The second-order valence-electron chi connectivity index (χ2n) is 6.86. The summed E-state index contributed by atoms with van der Waals surface area (Å²) in [5.74, 6) is 1.70. The van der Waals surface area contributed by atoms with Gasteiger partial charge in [0, 0.05) is 28.3 Å². The lowest BCUT2D eigenvalue weighted by molar-refractivity contribution is 0.393. The second-order valence-corrected chi connectivity index (χ2v) is 6.86. The van der Waals surface area contributed by atoms with Crippen LogP contribution in [0.3, 0.4) is 0 Å². The molecule has 0 aliphatic carbocycles. The fourth-order valence-electron chi connectivity index (χ4n) is 3.72. The number of para-hydroxylation sites is 1. The van der Waals surface area contributed by atoms with Crippen molar-refractivity contribution in [2.24, 2.45) is 0 Å². The van der Waals surface area contributed by atoms with Crippen LogP contribution in [0.5, 0.6) is 0 Å². The largest absolute Gasteiger partial charge is 0.361 e. The normalized spacial score (nSPS) is 11.5. The SMILES string of the molecule is Cc1nc2c(-c3cnc4ccccc4c3)cc(-c3c(C)noc3C)cc2[nH]1. The average molecular weight is 354 g/mol. The molecular formula is C22H18N4O. The molecule has 27 heavy (non-hydrogen) atoms. The first-order valence-corrected chi connectivity index (χ1v) is 8.89. The van der Waals surface area contributed by atoms with Gasteiger partial charge in [-0.2, -0.15) is 0 Å². The quantitative estimate of drug-likeness (QED) is 0.463. The molecule has 0 fully saturated rings. The first-order valence-electron chi connectivity index (χ1n) is 8.89. The highest BCUT2D eigenvalue weighted by molar-refractivity contribution is 5.98. The van der Waals surface area contributed by atoms with Gasteiger partial charge in [-0.1, -0.05) is 23.4 Å². The minimum Gasteiger partial charge on any atom is -0.361 e. The number of H-pyrrole nitrogens is 1. The van der Waals surface area contributed by atoms with E-state index in [9.17, 15) is 0 Å². The smallest absolute Gasteiger partial charge is 0.141 e. The molecule has 5 aromatic rings. The van der Waals surface area contributed by atoms with Crippen molar-refractivity contribution in [2.45, 2.75) is 20.8 Å². The molecule has 0 radical (unpaired) electrons. The van der Waals surface area contributed by atoms with Crippen molar-refractivity contribution < 1.29 is 4.52 Å². The minimum atomic E-state index is 0.811. The Morgan fingerprint density at radius 2 is 1.81 bits per heavy atom. The van der Waals surface area contributed by atoms with E-state index in [1.165, 1.54) is 0 Å². The predicted molar refractivity (Wildman–Crippen MR) is 107 cm³/mol. The predicted octanol–water partition coefficient (Wildman–Crippen LogP) is 5.36. The first-order chi connectivity index (χ1) is 13.1. The van der Waals surface area contributed by atoms with E-state index in [2.05, 4.69) is 39.4 Å². The number of benzene rings is 2. The molecular weight excluding hydrogens is 336 g/mol. The molecule has 5 nitrogen and oxygen atoms in total. The van der Waals surface area contributed by atoms with Crippen LogP contribution in [-0.2, 0) is 0 Å². The second kappa shape index (κ2) is 5.77. The van der Waals surface area contributed by atoms with Crippen molar-refractivity contribution in [3.8, 4) is 22.3 Å². The molecule has 2 aromatic carbocycles. The van der Waals surface area contributed by atoms with Crippen LogP contribution in [0.4, 0.5) is 0 Å². The fraction of sp³-hybridized carbons (Fsp3) is 0.136. The summed E-state index contributed by atoms with van der Waals surface area (Å²) in [6, 6.07) is 14.6. The van der Waals surface area contributed by atoms with Gasteiger partial charge in [0.25, 0.3) is 0 Å². The number of hydrogen-bond donors (Lipinski definition) is 1. The van der Waals surface area contributed by atoms with Crippen LogP contribution in [-0.4, -0.2) is 20.1 Å². The van der Waals surface area contributed by atoms with E-state index in [4.69, 9.17) is 9.51 Å². The van der Waals surface area contributed by atoms with Crippen LogP contribution >= 0.6 is 0 Å². The summed E-state index contributed by atoms with van der Waals surface area (Å²) in [5, 5.41) is 5.22. The van der Waals surface area contributed by atoms with Crippen LogP contribution < -0.4 is 0 Å². The van der Waals surface area contributed by atoms with Gasteiger partial charge in [0.05, 0.1) is 22.2 Å². The van der Waals surface area contributed by atoms with Gasteiger partial charge in [-0.05, 0) is 50.6 Å². The van der Waals surface area contributed by atoms with Gasteiger partial charge in [-0.3, -0.25) is 4.98 Å². The monoisotopic (exact) mass is 354 g/mol. The van der Waals surface area contributed by atoms with E-state index in [1.54, 1.807) is 0 Å². The highest BCUT2D eigenvalue weighted by Crippen LogP contribution is 2.36. The lowest BCUT2D eigenvalue weighted by atomic mass is 9.97. The first kappa shape index (κ1) is 15.8. The molecule has 0 aliphatic heterocycles. The zero-order valence-corrected chi connectivity index (χ0v) is 15.4. The maximum absolute atomic E-state index is 5.38. The van der Waals surface area contributed by atoms with E-state index in [0.29, 0.717) is 0 Å². The molecule has 0 saturated heterocycles. The van der Waals surface area contributed by atoms with Gasteiger partial charge in [0.1, 0.15) is 11.6 Å². The summed E-state index contributed by atoms with van der Waals surface area (Å²) < 4.78 is 5.38. The van der Waals surface area contributed by atoms with Gasteiger partial charge in [-0.25, -0.2) is 4.98 Å². The molecule has 0 aliphatic rings. The summed E-state index contributed by atoms with van der Waals surface area (Å²) in [6.07, 6.45) is 1.91. The highest BCUT2D eigenvalue weighted by atomic mass is 16.5. The van der Waals surface area contributed by atoms with E-state index >= 15 is 0 Å². The fourth-order valence-corrected chi connectivity index (χ4v) is 3.72. The van der Waals surface area contributed by atoms with Crippen molar-refractivity contribution in [3.05, 3.63) is 65.9 Å². The molecule has 0 bridgehead atoms. The molecule has 1 N–H and O–H groups in total. The number of nitrogens with one attached hydrogen (secondary N) is 1. The lowest BCUT2D eigenvalue weighted by Gasteiger charge is -2.08. The molecule has 132 valence electrons. The highest BCUT2D eigenvalue weighted by Gasteiger charge is 2.17. The summed E-state index contributed by atoms with van der Waals surface area (Å²) in [4.78, 5) is 12.7. The number of pyridine rings is 1. The summed E-state index contributed by atoms with van der Waals surface area (Å²) in [7, 11) is 0. The van der Waals surface area contributed by atoms with Crippen LogP contribution in [0, 0.1) is 20.8 Å². The zero-order valence-electron chi connectivity index (χ0n) is 15.4. The van der Waals surface area contributed by atoms with Gasteiger partial charge in [0.15, 0.2) is 0 Å². The molecule has 0 amide bonds. The molecule has 5 heteroatoms. The third kappa shape index (κ3) is 2.51. The molecule has 5 rings (SSSR count). The maximum Gasteiger partial charge on any atom is 0.141 e. The van der Waals surface area contributed by atoms with Gasteiger partial charge in [0.2, 0.25) is 0 Å². The van der Waals surface area contributed by atoms with Crippen molar-refractivity contribution in [3.63, 3.8) is 0 Å². The number of aryl methyl sites for hydroxylation is 3. The van der Waals surface area contributed by atoms with Crippen molar-refractivity contribution in [2.75, 3.05) is 0 Å². The Morgan fingerprint density at radius 3 is 2.63 bits per heavy atom. The number of aromatic amines is 1.